The van der Waals surface area contributed by atoms with Crippen LogP contribution in [0.2, 0.25) is 0 Å². The highest BCUT2D eigenvalue weighted by Crippen LogP contribution is 2.48. The van der Waals surface area contributed by atoms with Gasteiger partial charge in [-0.05, 0) is 12.3 Å². The molecule has 0 aromatic heterocycles. The fourth-order valence-corrected chi connectivity index (χ4v) is 1.69. The van der Waals surface area contributed by atoms with Gasteiger partial charge in [0.25, 0.3) is 0 Å². The zero-order valence-corrected chi connectivity index (χ0v) is 7.85. The second-order valence-electron chi connectivity index (χ2n) is 4.52. The smallest absolute Gasteiger partial charge is 0.0652 e. The van der Waals surface area contributed by atoms with Gasteiger partial charge in [0.2, 0.25) is 0 Å². The van der Waals surface area contributed by atoms with Crippen molar-refractivity contribution in [2.24, 2.45) is 10.8 Å². The molecule has 2 nitrogen and oxygen atoms in total. The van der Waals surface area contributed by atoms with Gasteiger partial charge in [-0.2, -0.15) is 0 Å². The van der Waals surface area contributed by atoms with Crippen LogP contribution in [0.1, 0.15) is 27.7 Å². The summed E-state index contributed by atoms with van der Waals surface area (Å²) in [5.74, 6) is 0. The molecule has 0 aliphatic carbocycles. The maximum Gasteiger partial charge on any atom is 0.0652 e. The molecule has 1 fully saturated rings. The van der Waals surface area contributed by atoms with Crippen LogP contribution in [-0.2, 0) is 4.74 Å². The third-order valence-electron chi connectivity index (χ3n) is 3.14. The number of rotatable bonds is 1. The molecule has 1 aliphatic rings. The molecule has 66 valence electrons. The summed E-state index contributed by atoms with van der Waals surface area (Å²) in [6, 6.07) is 0. The third-order valence-corrected chi connectivity index (χ3v) is 3.14. The standard InChI is InChI=1S/C9H18O2/c1-7-9(5-10,6-11-7)8(2,3)4/h7,10H,5-6H2,1-4H3. The van der Waals surface area contributed by atoms with Crippen molar-refractivity contribution in [1.29, 1.82) is 0 Å². The maximum absolute atomic E-state index is 9.26. The monoisotopic (exact) mass is 158 g/mol. The summed E-state index contributed by atoms with van der Waals surface area (Å²) < 4.78 is 5.30. The summed E-state index contributed by atoms with van der Waals surface area (Å²) in [7, 11) is 0. The van der Waals surface area contributed by atoms with Gasteiger partial charge in [0.1, 0.15) is 0 Å². The average molecular weight is 158 g/mol. The van der Waals surface area contributed by atoms with Crippen LogP contribution in [0.25, 0.3) is 0 Å². The number of hydrogen-bond acceptors (Lipinski definition) is 2. The number of hydrogen-bond donors (Lipinski definition) is 1. The zero-order valence-electron chi connectivity index (χ0n) is 7.85. The lowest BCUT2D eigenvalue weighted by atomic mass is 9.62. The van der Waals surface area contributed by atoms with Crippen molar-refractivity contribution in [3.05, 3.63) is 0 Å². The van der Waals surface area contributed by atoms with Crippen molar-refractivity contribution >= 4 is 0 Å². The molecular weight excluding hydrogens is 140 g/mol. The molecule has 0 bridgehead atoms. The zero-order chi connectivity index (χ0) is 8.70. The molecule has 1 heterocycles. The Balaban J connectivity index is 2.77. The normalized spacial score (nSPS) is 38.5. The van der Waals surface area contributed by atoms with Crippen LogP contribution in [0.5, 0.6) is 0 Å². The second-order valence-corrected chi connectivity index (χ2v) is 4.52. The first-order valence-electron chi connectivity index (χ1n) is 4.16. The number of ether oxygens (including phenoxy) is 1. The molecule has 0 saturated carbocycles. The van der Waals surface area contributed by atoms with Gasteiger partial charge in [-0.25, -0.2) is 0 Å². The van der Waals surface area contributed by atoms with Crippen LogP contribution in [0.15, 0.2) is 0 Å². The minimum atomic E-state index is -0.00694. The Hall–Kier alpha value is -0.0800. The van der Waals surface area contributed by atoms with Gasteiger partial charge >= 0.3 is 0 Å². The minimum Gasteiger partial charge on any atom is -0.396 e. The SMILES string of the molecule is CC1OCC1(CO)C(C)(C)C. The van der Waals surface area contributed by atoms with Crippen molar-refractivity contribution in [3.8, 4) is 0 Å². The van der Waals surface area contributed by atoms with Crippen molar-refractivity contribution in [3.63, 3.8) is 0 Å². The fraction of sp³-hybridized carbons (Fsp3) is 1.00. The van der Waals surface area contributed by atoms with E-state index in [0.717, 1.165) is 0 Å². The highest BCUT2D eigenvalue weighted by atomic mass is 16.5. The van der Waals surface area contributed by atoms with E-state index in [0.29, 0.717) is 6.61 Å². The van der Waals surface area contributed by atoms with E-state index in [-0.39, 0.29) is 23.5 Å². The van der Waals surface area contributed by atoms with E-state index in [4.69, 9.17) is 4.74 Å². The van der Waals surface area contributed by atoms with E-state index in [2.05, 4.69) is 20.8 Å². The van der Waals surface area contributed by atoms with Gasteiger partial charge in [0.15, 0.2) is 0 Å². The predicted octanol–water partition coefficient (Wildman–Crippen LogP) is 1.43. The molecule has 2 atom stereocenters. The first-order chi connectivity index (χ1) is 4.94. The van der Waals surface area contributed by atoms with Crippen molar-refractivity contribution < 1.29 is 9.84 Å². The van der Waals surface area contributed by atoms with Crippen LogP contribution in [0.3, 0.4) is 0 Å². The Morgan fingerprint density at radius 1 is 1.55 bits per heavy atom. The molecule has 0 radical (unpaired) electrons. The molecular formula is C9H18O2. The lowest BCUT2D eigenvalue weighted by Crippen LogP contribution is -2.60. The fourth-order valence-electron chi connectivity index (χ4n) is 1.69. The highest BCUT2D eigenvalue weighted by Gasteiger charge is 2.53. The Morgan fingerprint density at radius 2 is 2.09 bits per heavy atom. The summed E-state index contributed by atoms with van der Waals surface area (Å²) >= 11 is 0. The molecule has 11 heavy (non-hydrogen) atoms. The molecule has 0 aromatic rings. The second kappa shape index (κ2) is 2.46. The van der Waals surface area contributed by atoms with Crippen LogP contribution >= 0.6 is 0 Å². The van der Waals surface area contributed by atoms with E-state index in [1.807, 2.05) is 6.92 Å². The van der Waals surface area contributed by atoms with E-state index < -0.39 is 0 Å². The van der Waals surface area contributed by atoms with Crippen LogP contribution in [0, 0.1) is 10.8 Å². The summed E-state index contributed by atoms with van der Waals surface area (Å²) in [6.07, 6.45) is 0.201. The summed E-state index contributed by atoms with van der Waals surface area (Å²) in [5, 5.41) is 9.26. The van der Waals surface area contributed by atoms with Crippen LogP contribution < -0.4 is 0 Å². The van der Waals surface area contributed by atoms with E-state index in [1.54, 1.807) is 0 Å². The van der Waals surface area contributed by atoms with E-state index in [9.17, 15) is 5.11 Å². The Morgan fingerprint density at radius 3 is 2.09 bits per heavy atom. The maximum atomic E-state index is 9.26. The van der Waals surface area contributed by atoms with Crippen LogP contribution in [0.4, 0.5) is 0 Å². The topological polar surface area (TPSA) is 29.5 Å². The minimum absolute atomic E-state index is 0.00694. The Bertz CT molecular complexity index is 144. The lowest BCUT2D eigenvalue weighted by Gasteiger charge is -2.54. The van der Waals surface area contributed by atoms with Gasteiger partial charge in [-0.3, -0.25) is 0 Å². The molecule has 0 amide bonds. The van der Waals surface area contributed by atoms with Gasteiger partial charge in [0.05, 0.1) is 19.3 Å². The highest BCUT2D eigenvalue weighted by molar-refractivity contribution is 5.00. The summed E-state index contributed by atoms with van der Waals surface area (Å²) in [6.45, 7) is 9.43. The van der Waals surface area contributed by atoms with Gasteiger partial charge in [0, 0.05) is 5.41 Å². The molecule has 1 aliphatic heterocycles. The molecule has 0 spiro atoms. The quantitative estimate of drug-likeness (QED) is 0.625. The molecule has 0 aromatic carbocycles. The Kier molecular flexibility index (Phi) is 2.01. The summed E-state index contributed by atoms with van der Waals surface area (Å²) in [5.41, 5.74) is 0.131. The predicted molar refractivity (Wildman–Crippen MR) is 44.4 cm³/mol. The van der Waals surface area contributed by atoms with Gasteiger partial charge < -0.3 is 9.84 Å². The number of aliphatic hydroxyl groups excluding tert-OH is 1. The summed E-state index contributed by atoms with van der Waals surface area (Å²) in [4.78, 5) is 0. The Labute approximate surface area is 68.6 Å². The van der Waals surface area contributed by atoms with E-state index in [1.165, 1.54) is 0 Å². The first-order valence-corrected chi connectivity index (χ1v) is 4.16. The van der Waals surface area contributed by atoms with E-state index >= 15 is 0 Å². The first kappa shape index (κ1) is 9.01. The molecule has 1 N–H and O–H groups in total. The van der Waals surface area contributed by atoms with Crippen molar-refractivity contribution in [2.75, 3.05) is 13.2 Å². The molecule has 2 heteroatoms. The van der Waals surface area contributed by atoms with Crippen molar-refractivity contribution in [1.82, 2.24) is 0 Å². The number of aliphatic hydroxyl groups is 1. The van der Waals surface area contributed by atoms with Gasteiger partial charge in [-0.15, -0.1) is 0 Å². The largest absolute Gasteiger partial charge is 0.396 e. The van der Waals surface area contributed by atoms with Gasteiger partial charge in [-0.1, -0.05) is 20.8 Å². The van der Waals surface area contributed by atoms with Crippen molar-refractivity contribution in [2.45, 2.75) is 33.8 Å². The molecule has 2 unspecified atom stereocenters. The molecule has 1 rings (SSSR count). The average Bonchev–Trinajstić information content (AvgIpc) is 1.84. The van der Waals surface area contributed by atoms with Crippen LogP contribution in [-0.4, -0.2) is 24.4 Å². The third kappa shape index (κ3) is 1.09. The lowest BCUT2D eigenvalue weighted by molar-refractivity contribution is -0.241. The molecule has 1 saturated heterocycles.